The monoisotopic (exact) mass is 196 g/mol. The standard InChI is InChI=1S/C12H17Cl/c1-3-5-11-8-9-12(13)7-4-6-10(11)2/h7-9H,3-6H2,1-2H3/b9-8-,11-10+,12-7?. The van der Waals surface area contributed by atoms with Crippen molar-refractivity contribution in [2.45, 2.75) is 39.5 Å². The van der Waals surface area contributed by atoms with Crippen molar-refractivity contribution in [3.05, 3.63) is 34.4 Å². The molecule has 0 atom stereocenters. The molecule has 0 aliphatic heterocycles. The third-order valence-electron chi connectivity index (χ3n) is 2.37. The van der Waals surface area contributed by atoms with E-state index in [9.17, 15) is 0 Å². The molecule has 72 valence electrons. The molecule has 0 unspecified atom stereocenters. The van der Waals surface area contributed by atoms with Crippen molar-refractivity contribution in [2.75, 3.05) is 0 Å². The van der Waals surface area contributed by atoms with E-state index in [-0.39, 0.29) is 0 Å². The lowest BCUT2D eigenvalue weighted by atomic mass is 9.99. The Morgan fingerprint density at radius 3 is 2.85 bits per heavy atom. The fourth-order valence-electron chi connectivity index (χ4n) is 1.54. The van der Waals surface area contributed by atoms with Crippen LogP contribution in [0.4, 0.5) is 0 Å². The topological polar surface area (TPSA) is 0 Å². The molecule has 1 heteroatoms. The largest absolute Gasteiger partial charge is 0.0847 e. The Kier molecular flexibility index (Phi) is 4.31. The molecule has 0 saturated heterocycles. The van der Waals surface area contributed by atoms with Gasteiger partial charge in [0, 0.05) is 5.03 Å². The van der Waals surface area contributed by atoms with E-state index in [1.54, 1.807) is 0 Å². The highest BCUT2D eigenvalue weighted by molar-refractivity contribution is 6.31. The average molecular weight is 197 g/mol. The van der Waals surface area contributed by atoms with Crippen molar-refractivity contribution in [3.63, 3.8) is 0 Å². The Bertz CT molecular complexity index is 256. The summed E-state index contributed by atoms with van der Waals surface area (Å²) in [5.41, 5.74) is 2.98. The first-order valence-electron chi connectivity index (χ1n) is 4.96. The molecule has 0 bridgehead atoms. The highest BCUT2D eigenvalue weighted by atomic mass is 35.5. The minimum Gasteiger partial charge on any atom is -0.0847 e. The van der Waals surface area contributed by atoms with E-state index in [2.05, 4.69) is 26.0 Å². The summed E-state index contributed by atoms with van der Waals surface area (Å²) in [5.74, 6) is 0. The molecular weight excluding hydrogens is 180 g/mol. The average Bonchev–Trinajstić information content (AvgIpc) is 2.10. The lowest BCUT2D eigenvalue weighted by molar-refractivity contribution is 0.875. The lowest BCUT2D eigenvalue weighted by Gasteiger charge is -2.09. The molecule has 0 fully saturated rings. The summed E-state index contributed by atoms with van der Waals surface area (Å²) in [5, 5.41) is 0.876. The molecule has 13 heavy (non-hydrogen) atoms. The van der Waals surface area contributed by atoms with Crippen LogP contribution >= 0.6 is 11.6 Å². The van der Waals surface area contributed by atoms with Crippen LogP contribution < -0.4 is 0 Å². The van der Waals surface area contributed by atoms with E-state index < -0.39 is 0 Å². The molecule has 0 spiro atoms. The number of allylic oxidation sites excluding steroid dienone is 6. The molecule has 1 aliphatic rings. The highest BCUT2D eigenvalue weighted by Gasteiger charge is 2.01. The summed E-state index contributed by atoms with van der Waals surface area (Å²) in [6.45, 7) is 4.44. The van der Waals surface area contributed by atoms with Gasteiger partial charge in [0.1, 0.15) is 0 Å². The Morgan fingerprint density at radius 1 is 1.38 bits per heavy atom. The first kappa shape index (κ1) is 10.6. The van der Waals surface area contributed by atoms with Gasteiger partial charge in [-0.15, -0.1) is 0 Å². The maximum absolute atomic E-state index is 5.96. The minimum absolute atomic E-state index is 0.876. The van der Waals surface area contributed by atoms with Crippen LogP contribution in [0, 0.1) is 0 Å². The first-order chi connectivity index (χ1) is 6.24. The smallest absolute Gasteiger partial charge is 0.0366 e. The van der Waals surface area contributed by atoms with E-state index in [0.29, 0.717) is 0 Å². The van der Waals surface area contributed by atoms with Gasteiger partial charge in [0.15, 0.2) is 0 Å². The molecule has 0 N–H and O–H groups in total. The molecule has 0 amide bonds. The summed E-state index contributed by atoms with van der Waals surface area (Å²) in [4.78, 5) is 0. The first-order valence-corrected chi connectivity index (χ1v) is 5.34. The van der Waals surface area contributed by atoms with Crippen LogP contribution in [0.3, 0.4) is 0 Å². The van der Waals surface area contributed by atoms with Crippen LogP contribution in [0.5, 0.6) is 0 Å². The van der Waals surface area contributed by atoms with Crippen molar-refractivity contribution in [1.82, 2.24) is 0 Å². The predicted molar refractivity (Wildman–Crippen MR) is 59.9 cm³/mol. The molecule has 0 nitrogen and oxygen atoms in total. The van der Waals surface area contributed by atoms with Crippen LogP contribution in [0.1, 0.15) is 39.5 Å². The van der Waals surface area contributed by atoms with E-state index >= 15 is 0 Å². The van der Waals surface area contributed by atoms with E-state index in [4.69, 9.17) is 11.6 Å². The molecule has 0 aromatic carbocycles. The maximum atomic E-state index is 5.96. The van der Waals surface area contributed by atoms with Crippen molar-refractivity contribution in [2.24, 2.45) is 0 Å². The minimum atomic E-state index is 0.876. The van der Waals surface area contributed by atoms with Gasteiger partial charge in [-0.2, -0.15) is 0 Å². The third-order valence-corrected chi connectivity index (χ3v) is 2.65. The molecule has 0 aromatic heterocycles. The summed E-state index contributed by atoms with van der Waals surface area (Å²) in [6.07, 6.45) is 10.9. The molecule has 0 aromatic rings. The lowest BCUT2D eigenvalue weighted by Crippen LogP contribution is -1.89. The van der Waals surface area contributed by atoms with Gasteiger partial charge in [0.25, 0.3) is 0 Å². The normalized spacial score (nSPS) is 26.2. The number of halogens is 1. The quantitative estimate of drug-likeness (QED) is 0.607. The number of hydrogen-bond donors (Lipinski definition) is 0. The SMILES string of the molecule is CCCC1=C(/C)CCC=C(Cl)/C=C\1. The van der Waals surface area contributed by atoms with Crippen molar-refractivity contribution < 1.29 is 0 Å². The van der Waals surface area contributed by atoms with Gasteiger partial charge in [-0.3, -0.25) is 0 Å². The second-order valence-electron chi connectivity index (χ2n) is 3.52. The van der Waals surface area contributed by atoms with Crippen LogP contribution in [0.2, 0.25) is 0 Å². The summed E-state index contributed by atoms with van der Waals surface area (Å²) in [7, 11) is 0. The summed E-state index contributed by atoms with van der Waals surface area (Å²) >= 11 is 5.96. The summed E-state index contributed by atoms with van der Waals surface area (Å²) < 4.78 is 0. The van der Waals surface area contributed by atoms with Gasteiger partial charge in [0.2, 0.25) is 0 Å². The van der Waals surface area contributed by atoms with Crippen LogP contribution in [-0.4, -0.2) is 0 Å². The van der Waals surface area contributed by atoms with Gasteiger partial charge in [0.05, 0.1) is 0 Å². The second-order valence-corrected chi connectivity index (χ2v) is 3.95. The van der Waals surface area contributed by atoms with E-state index in [1.165, 1.54) is 24.0 Å². The van der Waals surface area contributed by atoms with Gasteiger partial charge < -0.3 is 0 Å². The van der Waals surface area contributed by atoms with Gasteiger partial charge >= 0.3 is 0 Å². The zero-order valence-electron chi connectivity index (χ0n) is 8.44. The molecular formula is C12H17Cl. The fourth-order valence-corrected chi connectivity index (χ4v) is 1.72. The van der Waals surface area contributed by atoms with Crippen LogP contribution in [0.25, 0.3) is 0 Å². The Hall–Kier alpha value is -0.490. The number of hydrogen-bond acceptors (Lipinski definition) is 0. The Balaban J connectivity index is 2.81. The third kappa shape index (κ3) is 3.40. The zero-order valence-corrected chi connectivity index (χ0v) is 9.19. The zero-order chi connectivity index (χ0) is 9.68. The van der Waals surface area contributed by atoms with Gasteiger partial charge in [-0.05, 0) is 37.8 Å². The van der Waals surface area contributed by atoms with Crippen molar-refractivity contribution >= 4 is 11.6 Å². The highest BCUT2D eigenvalue weighted by Crippen LogP contribution is 2.21. The molecule has 1 aliphatic carbocycles. The molecule has 0 saturated carbocycles. The summed E-state index contributed by atoms with van der Waals surface area (Å²) in [6, 6.07) is 0. The van der Waals surface area contributed by atoms with E-state index in [0.717, 1.165) is 17.9 Å². The van der Waals surface area contributed by atoms with Crippen molar-refractivity contribution in [3.8, 4) is 0 Å². The Labute approximate surface area is 86.0 Å². The predicted octanol–water partition coefficient (Wildman–Crippen LogP) is 4.58. The number of rotatable bonds is 2. The second kappa shape index (κ2) is 5.29. The fraction of sp³-hybridized carbons (Fsp3) is 0.500. The maximum Gasteiger partial charge on any atom is 0.0366 e. The van der Waals surface area contributed by atoms with Crippen LogP contribution in [-0.2, 0) is 0 Å². The van der Waals surface area contributed by atoms with Crippen molar-refractivity contribution in [1.29, 1.82) is 0 Å². The van der Waals surface area contributed by atoms with Gasteiger partial charge in [-0.1, -0.05) is 42.7 Å². The molecule has 1 rings (SSSR count). The van der Waals surface area contributed by atoms with Gasteiger partial charge in [-0.25, -0.2) is 0 Å². The van der Waals surface area contributed by atoms with Crippen LogP contribution in [0.15, 0.2) is 34.4 Å². The molecule has 0 radical (unpaired) electrons. The molecule has 0 heterocycles. The Morgan fingerprint density at radius 2 is 2.15 bits per heavy atom. The van der Waals surface area contributed by atoms with E-state index in [1.807, 2.05) is 6.08 Å².